The Morgan fingerprint density at radius 2 is 2.25 bits per heavy atom. The van der Waals surface area contributed by atoms with E-state index in [0.717, 1.165) is 4.90 Å². The van der Waals surface area contributed by atoms with E-state index in [1.54, 1.807) is 13.1 Å². The van der Waals surface area contributed by atoms with Crippen LogP contribution < -0.4 is 4.74 Å². The number of pyridine rings is 1. The number of hydrogen-bond donors (Lipinski definition) is 1. The number of thioether (sulfide) groups is 1. The van der Waals surface area contributed by atoms with Gasteiger partial charge in [-0.3, -0.25) is 4.98 Å². The van der Waals surface area contributed by atoms with Gasteiger partial charge in [-0.05, 0) is 13.2 Å². The monoisotopic (exact) mass is 185 g/mol. The average molecular weight is 185 g/mol. The number of ether oxygens (including phenoxy) is 1. The van der Waals surface area contributed by atoms with Crippen LogP contribution >= 0.6 is 11.8 Å². The molecule has 0 spiro atoms. The molecule has 1 N–H and O–H groups in total. The maximum absolute atomic E-state index is 9.51. The van der Waals surface area contributed by atoms with Crippen LogP contribution in [0.25, 0.3) is 0 Å². The van der Waals surface area contributed by atoms with Crippen LogP contribution in [0.2, 0.25) is 0 Å². The first-order valence-electron chi connectivity index (χ1n) is 3.47. The Balaban J connectivity index is 3.25. The lowest BCUT2D eigenvalue weighted by molar-refractivity contribution is 0.360. The van der Waals surface area contributed by atoms with Crippen LogP contribution in [-0.2, 0) is 0 Å². The molecular weight excluding hydrogens is 174 g/mol. The van der Waals surface area contributed by atoms with E-state index in [1.165, 1.54) is 18.9 Å². The fraction of sp³-hybridized carbons (Fsp3) is 0.375. The van der Waals surface area contributed by atoms with E-state index in [0.29, 0.717) is 11.4 Å². The lowest BCUT2D eigenvalue weighted by atomic mass is 10.3. The van der Waals surface area contributed by atoms with Crippen molar-refractivity contribution in [3.63, 3.8) is 0 Å². The van der Waals surface area contributed by atoms with E-state index >= 15 is 0 Å². The van der Waals surface area contributed by atoms with Crippen molar-refractivity contribution < 1.29 is 9.84 Å². The molecular formula is C8H11NO2S. The first-order chi connectivity index (χ1) is 5.70. The zero-order valence-electron chi connectivity index (χ0n) is 7.29. The van der Waals surface area contributed by atoms with Crippen LogP contribution in [0.1, 0.15) is 5.69 Å². The highest BCUT2D eigenvalue weighted by molar-refractivity contribution is 7.98. The molecule has 0 aliphatic rings. The summed E-state index contributed by atoms with van der Waals surface area (Å²) in [6.07, 6.45) is 3.60. The third-order valence-electron chi connectivity index (χ3n) is 1.58. The summed E-state index contributed by atoms with van der Waals surface area (Å²) in [6.45, 7) is 1.74. The molecule has 1 aromatic rings. The number of rotatable bonds is 2. The molecule has 1 rings (SSSR count). The molecule has 0 amide bonds. The van der Waals surface area contributed by atoms with E-state index < -0.39 is 0 Å². The summed E-state index contributed by atoms with van der Waals surface area (Å²) in [4.78, 5) is 4.86. The van der Waals surface area contributed by atoms with Gasteiger partial charge in [0, 0.05) is 6.20 Å². The quantitative estimate of drug-likeness (QED) is 0.714. The summed E-state index contributed by atoms with van der Waals surface area (Å²) in [7, 11) is 1.54. The maximum atomic E-state index is 9.51. The molecule has 66 valence electrons. The van der Waals surface area contributed by atoms with Crippen molar-refractivity contribution in [3.05, 3.63) is 11.9 Å². The normalized spacial score (nSPS) is 9.92. The van der Waals surface area contributed by atoms with Gasteiger partial charge < -0.3 is 9.84 Å². The van der Waals surface area contributed by atoms with Crippen molar-refractivity contribution in [2.75, 3.05) is 13.4 Å². The topological polar surface area (TPSA) is 42.4 Å². The van der Waals surface area contributed by atoms with Crippen molar-refractivity contribution in [2.45, 2.75) is 11.8 Å². The lowest BCUT2D eigenvalue weighted by Crippen LogP contribution is -1.91. The Morgan fingerprint density at radius 1 is 1.58 bits per heavy atom. The third kappa shape index (κ3) is 1.48. The summed E-state index contributed by atoms with van der Waals surface area (Å²) in [5.74, 6) is 0.638. The molecule has 0 fully saturated rings. The molecule has 1 aromatic heterocycles. The molecule has 0 unspecified atom stereocenters. The predicted molar refractivity (Wildman–Crippen MR) is 49.0 cm³/mol. The summed E-state index contributed by atoms with van der Waals surface area (Å²) in [6, 6.07) is 0. The zero-order valence-corrected chi connectivity index (χ0v) is 8.10. The number of aromatic nitrogens is 1. The van der Waals surface area contributed by atoms with Gasteiger partial charge in [-0.15, -0.1) is 11.8 Å². The number of methoxy groups -OCH3 is 1. The minimum absolute atomic E-state index is 0.129. The van der Waals surface area contributed by atoms with Crippen LogP contribution in [0.4, 0.5) is 0 Å². The number of aromatic hydroxyl groups is 1. The van der Waals surface area contributed by atoms with Crippen molar-refractivity contribution in [2.24, 2.45) is 0 Å². The molecule has 0 atom stereocenters. The number of aryl methyl sites for hydroxylation is 1. The highest BCUT2D eigenvalue weighted by atomic mass is 32.2. The molecule has 0 radical (unpaired) electrons. The first-order valence-corrected chi connectivity index (χ1v) is 4.69. The second-order valence-electron chi connectivity index (χ2n) is 2.29. The maximum Gasteiger partial charge on any atom is 0.180 e. The van der Waals surface area contributed by atoms with Gasteiger partial charge in [0.1, 0.15) is 0 Å². The Morgan fingerprint density at radius 3 is 2.75 bits per heavy atom. The van der Waals surface area contributed by atoms with Gasteiger partial charge in [0.15, 0.2) is 11.5 Å². The third-order valence-corrected chi connectivity index (χ3v) is 2.31. The van der Waals surface area contributed by atoms with Crippen molar-refractivity contribution in [1.29, 1.82) is 0 Å². The van der Waals surface area contributed by atoms with Crippen LogP contribution in [0.3, 0.4) is 0 Å². The first kappa shape index (κ1) is 9.19. The fourth-order valence-electron chi connectivity index (χ4n) is 0.899. The van der Waals surface area contributed by atoms with Gasteiger partial charge in [-0.2, -0.15) is 0 Å². The molecule has 0 aliphatic heterocycles. The van der Waals surface area contributed by atoms with Crippen LogP contribution in [0, 0.1) is 6.92 Å². The Labute approximate surface area is 75.8 Å². The second kappa shape index (κ2) is 3.67. The minimum Gasteiger partial charge on any atom is -0.503 e. The number of hydrogen-bond acceptors (Lipinski definition) is 4. The molecule has 1 heterocycles. The highest BCUT2D eigenvalue weighted by Crippen LogP contribution is 2.36. The van der Waals surface area contributed by atoms with E-state index in [4.69, 9.17) is 4.74 Å². The molecule has 0 saturated heterocycles. The lowest BCUT2D eigenvalue weighted by Gasteiger charge is -2.08. The van der Waals surface area contributed by atoms with E-state index in [-0.39, 0.29) is 5.75 Å². The number of nitrogens with zero attached hydrogens (tertiary/aromatic N) is 1. The molecule has 0 saturated carbocycles. The second-order valence-corrected chi connectivity index (χ2v) is 3.14. The molecule has 3 nitrogen and oxygen atoms in total. The van der Waals surface area contributed by atoms with E-state index in [9.17, 15) is 5.11 Å². The molecule has 0 bridgehead atoms. The van der Waals surface area contributed by atoms with Gasteiger partial charge in [-0.1, -0.05) is 0 Å². The standard InChI is InChI=1S/C8H11NO2S/c1-5-7(10)8(11-2)6(12-3)4-9-5/h4,10H,1-3H3. The molecule has 0 aromatic carbocycles. The van der Waals surface area contributed by atoms with Gasteiger partial charge in [0.2, 0.25) is 0 Å². The Bertz CT molecular complexity index is 289. The van der Waals surface area contributed by atoms with Crippen LogP contribution in [-0.4, -0.2) is 23.5 Å². The highest BCUT2D eigenvalue weighted by Gasteiger charge is 2.10. The van der Waals surface area contributed by atoms with Crippen molar-refractivity contribution >= 4 is 11.8 Å². The Kier molecular flexibility index (Phi) is 2.81. The summed E-state index contributed by atoms with van der Waals surface area (Å²) in [5, 5.41) is 9.51. The van der Waals surface area contributed by atoms with E-state index in [1.807, 2.05) is 6.26 Å². The summed E-state index contributed by atoms with van der Waals surface area (Å²) < 4.78 is 5.04. The molecule has 0 aliphatic carbocycles. The van der Waals surface area contributed by atoms with Gasteiger partial charge in [0.05, 0.1) is 17.7 Å². The fourth-order valence-corrected chi connectivity index (χ4v) is 1.42. The van der Waals surface area contributed by atoms with E-state index in [2.05, 4.69) is 4.98 Å². The average Bonchev–Trinajstić information content (AvgIpc) is 2.09. The summed E-state index contributed by atoms with van der Waals surface area (Å²) >= 11 is 1.50. The molecule has 12 heavy (non-hydrogen) atoms. The van der Waals surface area contributed by atoms with Crippen LogP contribution in [0.15, 0.2) is 11.1 Å². The van der Waals surface area contributed by atoms with Gasteiger partial charge >= 0.3 is 0 Å². The van der Waals surface area contributed by atoms with Crippen molar-refractivity contribution in [1.82, 2.24) is 4.98 Å². The SMILES string of the molecule is COc1c(SC)cnc(C)c1O. The smallest absolute Gasteiger partial charge is 0.180 e. The van der Waals surface area contributed by atoms with Gasteiger partial charge in [0.25, 0.3) is 0 Å². The Hall–Kier alpha value is -0.900. The van der Waals surface area contributed by atoms with Gasteiger partial charge in [-0.25, -0.2) is 0 Å². The van der Waals surface area contributed by atoms with Crippen LogP contribution in [0.5, 0.6) is 11.5 Å². The molecule has 4 heteroatoms. The summed E-state index contributed by atoms with van der Waals surface area (Å²) in [5.41, 5.74) is 0.588. The predicted octanol–water partition coefficient (Wildman–Crippen LogP) is 1.83. The van der Waals surface area contributed by atoms with Crippen molar-refractivity contribution in [3.8, 4) is 11.5 Å². The minimum atomic E-state index is 0.129. The largest absolute Gasteiger partial charge is 0.503 e. The zero-order chi connectivity index (χ0) is 9.14.